The minimum Gasteiger partial charge on any atom is -0.467 e. The van der Waals surface area contributed by atoms with Crippen LogP contribution in [0, 0.1) is 0 Å². The summed E-state index contributed by atoms with van der Waals surface area (Å²) in [5.41, 5.74) is -4.21. The second-order valence-corrected chi connectivity index (χ2v) is 9.17. The monoisotopic (exact) mass is 524 g/mol. The number of alkyl halides is 3. The zero-order valence-electron chi connectivity index (χ0n) is 21.2. The van der Waals surface area contributed by atoms with Crippen molar-refractivity contribution < 1.29 is 41.8 Å². The third-order valence-corrected chi connectivity index (χ3v) is 5.35. The molecule has 37 heavy (non-hydrogen) atoms. The van der Waals surface area contributed by atoms with Crippen molar-refractivity contribution in [3.63, 3.8) is 0 Å². The summed E-state index contributed by atoms with van der Waals surface area (Å²) < 4.78 is 58.1. The van der Waals surface area contributed by atoms with E-state index in [1.807, 2.05) is 0 Å². The van der Waals surface area contributed by atoms with E-state index < -0.39 is 53.0 Å². The van der Waals surface area contributed by atoms with Crippen molar-refractivity contribution >= 4 is 18.0 Å². The van der Waals surface area contributed by atoms with Gasteiger partial charge in [-0.1, -0.05) is 60.7 Å². The highest BCUT2D eigenvalue weighted by Crippen LogP contribution is 2.42. The Bertz CT molecular complexity index is 1060. The van der Waals surface area contributed by atoms with Crippen LogP contribution in [0.4, 0.5) is 18.0 Å². The fraction of sp³-hybridized carbons (Fsp3) is 0.423. The SMILES string of the molecule is COC(=O)[C@H](NC(=O)[C@](OC)(c1ccccc1)C(F)(F)F)[C@H](Cc1ccccc1)NC(=O)OC(C)(C)C. The molecule has 0 unspecified atom stereocenters. The Hall–Kier alpha value is -3.60. The summed E-state index contributed by atoms with van der Waals surface area (Å²) in [5.74, 6) is -2.74. The molecule has 8 nitrogen and oxygen atoms in total. The summed E-state index contributed by atoms with van der Waals surface area (Å²) in [4.78, 5) is 38.7. The van der Waals surface area contributed by atoms with Gasteiger partial charge in [-0.05, 0) is 32.8 Å². The summed E-state index contributed by atoms with van der Waals surface area (Å²) in [6, 6.07) is 11.9. The lowest BCUT2D eigenvalue weighted by Gasteiger charge is -2.36. The van der Waals surface area contributed by atoms with E-state index >= 15 is 0 Å². The lowest BCUT2D eigenvalue weighted by atomic mass is 9.90. The highest BCUT2D eigenvalue weighted by Gasteiger charge is 2.63. The molecule has 0 radical (unpaired) electrons. The number of halogens is 3. The van der Waals surface area contributed by atoms with Crippen molar-refractivity contribution in [1.29, 1.82) is 0 Å². The molecule has 0 spiro atoms. The van der Waals surface area contributed by atoms with Gasteiger partial charge in [-0.2, -0.15) is 13.2 Å². The highest BCUT2D eigenvalue weighted by atomic mass is 19.4. The first-order valence-electron chi connectivity index (χ1n) is 11.3. The first-order valence-corrected chi connectivity index (χ1v) is 11.3. The van der Waals surface area contributed by atoms with E-state index in [-0.39, 0.29) is 6.42 Å². The smallest absolute Gasteiger partial charge is 0.430 e. The summed E-state index contributed by atoms with van der Waals surface area (Å²) in [5, 5.41) is 4.62. The van der Waals surface area contributed by atoms with Crippen LogP contribution in [0.15, 0.2) is 60.7 Å². The number of amides is 2. The summed E-state index contributed by atoms with van der Waals surface area (Å²) >= 11 is 0. The number of hydrogen-bond donors (Lipinski definition) is 2. The van der Waals surface area contributed by atoms with Gasteiger partial charge in [0.2, 0.25) is 0 Å². The quantitative estimate of drug-likeness (QED) is 0.483. The number of methoxy groups -OCH3 is 2. The number of alkyl carbamates (subject to hydrolysis) is 1. The average Bonchev–Trinajstić information content (AvgIpc) is 2.81. The molecule has 0 bridgehead atoms. The number of esters is 1. The van der Waals surface area contributed by atoms with E-state index in [2.05, 4.69) is 10.6 Å². The van der Waals surface area contributed by atoms with Crippen molar-refractivity contribution in [1.82, 2.24) is 10.6 Å². The number of benzene rings is 2. The van der Waals surface area contributed by atoms with Crippen molar-refractivity contribution in [2.75, 3.05) is 14.2 Å². The Labute approximate surface area is 213 Å². The first kappa shape index (κ1) is 29.6. The largest absolute Gasteiger partial charge is 0.467 e. The molecule has 2 N–H and O–H groups in total. The molecule has 3 atom stereocenters. The van der Waals surface area contributed by atoms with E-state index in [9.17, 15) is 27.6 Å². The van der Waals surface area contributed by atoms with Crippen LogP contribution in [0.25, 0.3) is 0 Å². The van der Waals surface area contributed by atoms with Crippen LogP contribution in [0.5, 0.6) is 0 Å². The van der Waals surface area contributed by atoms with Gasteiger partial charge in [-0.3, -0.25) is 4.79 Å². The molecule has 2 rings (SSSR count). The number of hydrogen-bond acceptors (Lipinski definition) is 6. The molecule has 11 heteroatoms. The van der Waals surface area contributed by atoms with Gasteiger partial charge in [0, 0.05) is 12.7 Å². The second kappa shape index (κ2) is 12.1. The minimum atomic E-state index is -5.21. The molecule has 0 aliphatic carbocycles. The summed E-state index contributed by atoms with van der Waals surface area (Å²) in [6.45, 7) is 4.86. The Balaban J connectivity index is 2.53. The van der Waals surface area contributed by atoms with Crippen molar-refractivity contribution in [3.8, 4) is 0 Å². The maximum atomic E-state index is 14.4. The van der Waals surface area contributed by atoms with Crippen LogP contribution in [0.2, 0.25) is 0 Å². The normalized spacial score (nSPS) is 15.0. The number of carbonyl (C=O) groups is 3. The van der Waals surface area contributed by atoms with Gasteiger partial charge in [0.1, 0.15) is 11.6 Å². The fourth-order valence-electron chi connectivity index (χ4n) is 3.70. The molecule has 0 aliphatic rings. The van der Waals surface area contributed by atoms with Crippen LogP contribution in [-0.2, 0) is 35.8 Å². The van der Waals surface area contributed by atoms with E-state index in [0.717, 1.165) is 26.4 Å². The van der Waals surface area contributed by atoms with E-state index in [1.165, 1.54) is 18.2 Å². The molecule has 0 heterocycles. The van der Waals surface area contributed by atoms with Crippen LogP contribution in [0.1, 0.15) is 31.9 Å². The lowest BCUT2D eigenvalue weighted by Crippen LogP contribution is -2.63. The van der Waals surface area contributed by atoms with Crippen molar-refractivity contribution in [2.45, 2.75) is 56.7 Å². The second-order valence-electron chi connectivity index (χ2n) is 9.17. The Morgan fingerprint density at radius 1 is 0.865 bits per heavy atom. The molecule has 2 amide bonds. The standard InChI is InChI=1S/C26H31F3N2O6/c1-24(2,3)37-23(34)30-19(16-17-12-8-6-9-13-17)20(21(32)35-4)31-22(33)25(36-5,26(27,28)29)18-14-10-7-11-15-18/h6-15,19-20H,16H2,1-5H3,(H,30,34)(H,31,33)/t19-,20+,25+/m0/s1. The zero-order valence-corrected chi connectivity index (χ0v) is 21.2. The third kappa shape index (κ3) is 7.45. The Morgan fingerprint density at radius 3 is 1.86 bits per heavy atom. The number of rotatable bonds is 9. The maximum Gasteiger partial charge on any atom is 0.430 e. The zero-order chi connectivity index (χ0) is 27.9. The molecule has 0 saturated carbocycles. The summed E-state index contributed by atoms with van der Waals surface area (Å²) in [6.07, 6.45) is -6.19. The van der Waals surface area contributed by atoms with Gasteiger partial charge in [0.05, 0.1) is 13.2 Å². The van der Waals surface area contributed by atoms with Gasteiger partial charge in [-0.15, -0.1) is 0 Å². The van der Waals surface area contributed by atoms with Crippen molar-refractivity contribution in [2.24, 2.45) is 0 Å². The summed E-state index contributed by atoms with van der Waals surface area (Å²) in [7, 11) is 1.76. The van der Waals surface area contributed by atoms with Crippen LogP contribution >= 0.6 is 0 Å². The van der Waals surface area contributed by atoms with E-state index in [0.29, 0.717) is 5.56 Å². The molecule has 0 fully saturated rings. The first-order chi connectivity index (χ1) is 17.2. The third-order valence-electron chi connectivity index (χ3n) is 5.35. The van der Waals surface area contributed by atoms with Crippen LogP contribution in [0.3, 0.4) is 0 Å². The molecule has 0 saturated heterocycles. The number of ether oxygens (including phenoxy) is 3. The molecular weight excluding hydrogens is 493 g/mol. The van der Waals surface area contributed by atoms with Gasteiger partial charge in [-0.25, -0.2) is 9.59 Å². The van der Waals surface area contributed by atoms with Crippen LogP contribution in [-0.4, -0.2) is 56.1 Å². The van der Waals surface area contributed by atoms with Gasteiger partial charge >= 0.3 is 18.2 Å². The molecular formula is C26H31F3N2O6. The number of nitrogens with one attached hydrogen (secondary N) is 2. The maximum absolute atomic E-state index is 14.4. The lowest BCUT2D eigenvalue weighted by molar-refractivity contribution is -0.266. The van der Waals surface area contributed by atoms with E-state index in [4.69, 9.17) is 14.2 Å². The predicted octanol–water partition coefficient (Wildman–Crippen LogP) is 3.88. The predicted molar refractivity (Wildman–Crippen MR) is 128 cm³/mol. The molecule has 0 aromatic heterocycles. The topological polar surface area (TPSA) is 103 Å². The Kier molecular flexibility index (Phi) is 9.68. The minimum absolute atomic E-state index is 0.0442. The van der Waals surface area contributed by atoms with Crippen molar-refractivity contribution in [3.05, 3.63) is 71.8 Å². The van der Waals surface area contributed by atoms with E-state index in [1.54, 1.807) is 51.1 Å². The molecule has 2 aromatic carbocycles. The Morgan fingerprint density at radius 2 is 1.41 bits per heavy atom. The molecule has 0 aliphatic heterocycles. The molecule has 2 aromatic rings. The van der Waals surface area contributed by atoms with Gasteiger partial charge in [0.15, 0.2) is 0 Å². The van der Waals surface area contributed by atoms with Gasteiger partial charge in [0.25, 0.3) is 11.5 Å². The fourth-order valence-corrected chi connectivity index (χ4v) is 3.70. The molecule has 202 valence electrons. The van der Waals surface area contributed by atoms with Crippen LogP contribution < -0.4 is 10.6 Å². The highest BCUT2D eigenvalue weighted by molar-refractivity contribution is 5.92. The number of carbonyl (C=O) groups excluding carboxylic acids is 3. The van der Waals surface area contributed by atoms with Gasteiger partial charge < -0.3 is 24.8 Å². The average molecular weight is 525 g/mol.